The molecule has 0 radical (unpaired) electrons. The molecule has 0 aromatic heterocycles. The van der Waals surface area contributed by atoms with Crippen molar-refractivity contribution in [1.82, 2.24) is 5.32 Å². The van der Waals surface area contributed by atoms with Crippen LogP contribution in [0.4, 0.5) is 0 Å². The lowest BCUT2D eigenvalue weighted by atomic mass is 10.1. The van der Waals surface area contributed by atoms with Crippen LogP contribution in [-0.4, -0.2) is 18.8 Å². The van der Waals surface area contributed by atoms with Crippen LogP contribution in [0.1, 0.15) is 11.1 Å². The van der Waals surface area contributed by atoms with E-state index in [9.17, 15) is 5.11 Å². The van der Waals surface area contributed by atoms with Crippen molar-refractivity contribution >= 4 is 31.9 Å². The van der Waals surface area contributed by atoms with Gasteiger partial charge in [0.2, 0.25) is 0 Å². The molecule has 3 nitrogen and oxygen atoms in total. The van der Waals surface area contributed by atoms with Crippen molar-refractivity contribution < 1.29 is 9.84 Å². The van der Waals surface area contributed by atoms with Crippen molar-refractivity contribution in [2.24, 2.45) is 0 Å². The Morgan fingerprint density at radius 2 is 1.81 bits per heavy atom. The van der Waals surface area contributed by atoms with Gasteiger partial charge < -0.3 is 15.2 Å². The van der Waals surface area contributed by atoms with Gasteiger partial charge in [-0.15, -0.1) is 0 Å². The topological polar surface area (TPSA) is 41.5 Å². The minimum absolute atomic E-state index is 0.229. The summed E-state index contributed by atoms with van der Waals surface area (Å²) in [7, 11) is 1.69. The zero-order valence-electron chi connectivity index (χ0n) is 11.7. The normalized spacial score (nSPS) is 10.6. The zero-order chi connectivity index (χ0) is 15.2. The van der Waals surface area contributed by atoms with Crippen LogP contribution in [0, 0.1) is 0 Å². The quantitative estimate of drug-likeness (QED) is 0.694. The monoisotopic (exact) mass is 413 g/mol. The van der Waals surface area contributed by atoms with Crippen molar-refractivity contribution in [3.05, 3.63) is 56.5 Å². The van der Waals surface area contributed by atoms with E-state index in [1.54, 1.807) is 7.11 Å². The van der Waals surface area contributed by atoms with Gasteiger partial charge in [-0.3, -0.25) is 0 Å². The molecular weight excluding hydrogens is 398 g/mol. The standard InChI is InChI=1S/C16H17Br2NO2/c1-21-15-5-3-2-4-12(15)6-7-19-10-11-8-13(17)16(20)14(18)9-11/h2-5,8-9,19-20H,6-7,10H2,1H3. The number of phenols is 1. The highest BCUT2D eigenvalue weighted by atomic mass is 79.9. The summed E-state index contributed by atoms with van der Waals surface area (Å²) in [6, 6.07) is 11.9. The Morgan fingerprint density at radius 3 is 2.48 bits per heavy atom. The Morgan fingerprint density at radius 1 is 1.14 bits per heavy atom. The smallest absolute Gasteiger partial charge is 0.143 e. The molecule has 0 aliphatic rings. The molecule has 0 saturated heterocycles. The van der Waals surface area contributed by atoms with Crippen LogP contribution in [0.3, 0.4) is 0 Å². The van der Waals surface area contributed by atoms with E-state index in [0.717, 1.165) is 30.8 Å². The second-order valence-electron chi connectivity index (χ2n) is 4.65. The molecule has 0 spiro atoms. The Kier molecular flexibility index (Phi) is 6.08. The third kappa shape index (κ3) is 4.46. The van der Waals surface area contributed by atoms with Crippen LogP contribution in [0.25, 0.3) is 0 Å². The molecule has 0 amide bonds. The van der Waals surface area contributed by atoms with E-state index in [4.69, 9.17) is 4.74 Å². The first-order chi connectivity index (χ1) is 10.1. The van der Waals surface area contributed by atoms with Gasteiger partial charge in [0, 0.05) is 6.54 Å². The molecule has 2 aromatic carbocycles. The molecule has 0 saturated carbocycles. The first-order valence-corrected chi connectivity index (χ1v) is 8.20. The molecule has 0 heterocycles. The highest BCUT2D eigenvalue weighted by Crippen LogP contribution is 2.33. The minimum Gasteiger partial charge on any atom is -0.506 e. The summed E-state index contributed by atoms with van der Waals surface area (Å²) in [4.78, 5) is 0. The van der Waals surface area contributed by atoms with Crippen molar-refractivity contribution in [1.29, 1.82) is 0 Å². The molecule has 0 fully saturated rings. The second kappa shape index (κ2) is 7.82. The average molecular weight is 415 g/mol. The molecule has 5 heteroatoms. The van der Waals surface area contributed by atoms with Crippen molar-refractivity contribution in [3.8, 4) is 11.5 Å². The van der Waals surface area contributed by atoms with Gasteiger partial charge in [-0.05, 0) is 74.2 Å². The largest absolute Gasteiger partial charge is 0.506 e. The molecule has 2 rings (SSSR count). The van der Waals surface area contributed by atoms with E-state index in [0.29, 0.717) is 8.95 Å². The van der Waals surface area contributed by atoms with E-state index in [-0.39, 0.29) is 5.75 Å². The fourth-order valence-corrected chi connectivity index (χ4v) is 3.37. The van der Waals surface area contributed by atoms with Gasteiger partial charge >= 0.3 is 0 Å². The molecule has 2 aromatic rings. The first-order valence-electron chi connectivity index (χ1n) is 6.61. The third-order valence-corrected chi connectivity index (χ3v) is 4.38. The SMILES string of the molecule is COc1ccccc1CCNCc1cc(Br)c(O)c(Br)c1. The number of rotatable bonds is 6. The van der Waals surface area contributed by atoms with Gasteiger partial charge in [0.15, 0.2) is 0 Å². The fraction of sp³-hybridized carbons (Fsp3) is 0.250. The summed E-state index contributed by atoms with van der Waals surface area (Å²) in [5, 5.41) is 13.1. The number of hydrogen-bond acceptors (Lipinski definition) is 3. The molecular formula is C16H17Br2NO2. The van der Waals surface area contributed by atoms with Crippen molar-refractivity contribution in [2.45, 2.75) is 13.0 Å². The van der Waals surface area contributed by atoms with Crippen molar-refractivity contribution in [2.75, 3.05) is 13.7 Å². The maximum atomic E-state index is 9.68. The Bertz CT molecular complexity index is 594. The maximum Gasteiger partial charge on any atom is 0.143 e. The Balaban J connectivity index is 1.88. The number of methoxy groups -OCH3 is 1. The number of ether oxygens (including phenoxy) is 1. The maximum absolute atomic E-state index is 9.68. The highest BCUT2D eigenvalue weighted by Gasteiger charge is 2.06. The summed E-state index contributed by atoms with van der Waals surface area (Å²) in [6.07, 6.45) is 0.907. The van der Waals surface area contributed by atoms with Gasteiger partial charge in [-0.1, -0.05) is 18.2 Å². The Hall–Kier alpha value is -1.04. The fourth-order valence-electron chi connectivity index (χ4n) is 2.09. The average Bonchev–Trinajstić information content (AvgIpc) is 2.49. The Labute approximate surface area is 141 Å². The van der Waals surface area contributed by atoms with Crippen molar-refractivity contribution in [3.63, 3.8) is 0 Å². The van der Waals surface area contributed by atoms with Crippen LogP contribution in [0.5, 0.6) is 11.5 Å². The lowest BCUT2D eigenvalue weighted by Gasteiger charge is -2.10. The van der Waals surface area contributed by atoms with Gasteiger partial charge in [0.05, 0.1) is 16.1 Å². The van der Waals surface area contributed by atoms with Crippen LogP contribution >= 0.6 is 31.9 Å². The lowest BCUT2D eigenvalue weighted by molar-refractivity contribution is 0.409. The van der Waals surface area contributed by atoms with Crippen LogP contribution < -0.4 is 10.1 Å². The van der Waals surface area contributed by atoms with E-state index in [1.165, 1.54) is 5.56 Å². The predicted octanol–water partition coefficient (Wildman–Crippen LogP) is 4.26. The number of aromatic hydroxyl groups is 1. The van der Waals surface area contributed by atoms with E-state index < -0.39 is 0 Å². The first kappa shape index (κ1) is 16.3. The number of halogens is 2. The molecule has 0 unspecified atom stereocenters. The van der Waals surface area contributed by atoms with Gasteiger partial charge in [-0.25, -0.2) is 0 Å². The summed E-state index contributed by atoms with van der Waals surface area (Å²) in [5.41, 5.74) is 2.30. The van der Waals surface area contributed by atoms with E-state index in [2.05, 4.69) is 43.2 Å². The lowest BCUT2D eigenvalue weighted by Crippen LogP contribution is -2.17. The van der Waals surface area contributed by atoms with Crippen LogP contribution in [0.15, 0.2) is 45.3 Å². The zero-order valence-corrected chi connectivity index (χ0v) is 14.9. The highest BCUT2D eigenvalue weighted by molar-refractivity contribution is 9.11. The van der Waals surface area contributed by atoms with Gasteiger partial charge in [0.25, 0.3) is 0 Å². The summed E-state index contributed by atoms with van der Waals surface area (Å²) < 4.78 is 6.72. The summed E-state index contributed by atoms with van der Waals surface area (Å²) in [6.45, 7) is 1.60. The molecule has 0 aliphatic carbocycles. The molecule has 21 heavy (non-hydrogen) atoms. The molecule has 112 valence electrons. The number of phenolic OH excluding ortho intramolecular Hbond substituents is 1. The number of para-hydroxylation sites is 1. The molecule has 0 atom stereocenters. The number of nitrogens with one attached hydrogen (secondary N) is 1. The van der Waals surface area contributed by atoms with Gasteiger partial charge in [-0.2, -0.15) is 0 Å². The second-order valence-corrected chi connectivity index (χ2v) is 6.36. The summed E-state index contributed by atoms with van der Waals surface area (Å²) >= 11 is 6.67. The predicted molar refractivity (Wildman–Crippen MR) is 91.9 cm³/mol. The van der Waals surface area contributed by atoms with Crippen LogP contribution in [0.2, 0.25) is 0 Å². The molecule has 0 bridgehead atoms. The van der Waals surface area contributed by atoms with E-state index >= 15 is 0 Å². The minimum atomic E-state index is 0.229. The molecule has 2 N–H and O–H groups in total. The van der Waals surface area contributed by atoms with Crippen LogP contribution in [-0.2, 0) is 13.0 Å². The molecule has 0 aliphatic heterocycles. The third-order valence-electron chi connectivity index (χ3n) is 3.17. The summed E-state index contributed by atoms with van der Waals surface area (Å²) in [5.74, 6) is 1.15. The van der Waals surface area contributed by atoms with E-state index in [1.807, 2.05) is 30.3 Å². The van der Waals surface area contributed by atoms with Gasteiger partial charge in [0.1, 0.15) is 11.5 Å². The number of benzene rings is 2. The number of hydrogen-bond donors (Lipinski definition) is 2.